The number of benzene rings is 2. The van der Waals surface area contributed by atoms with Crippen molar-refractivity contribution < 1.29 is 9.94 Å². The SMILES string of the molecule is CCOC1=NC(c2ccccc2)N(O)C(c2ccc(C)cc2C)=N1. The van der Waals surface area contributed by atoms with Crippen molar-refractivity contribution in [2.45, 2.75) is 26.9 Å². The molecule has 0 saturated heterocycles. The fourth-order valence-corrected chi connectivity index (χ4v) is 2.73. The lowest BCUT2D eigenvalue weighted by Gasteiger charge is -2.30. The maximum atomic E-state index is 10.8. The van der Waals surface area contributed by atoms with E-state index in [2.05, 4.69) is 16.1 Å². The third-order valence-electron chi connectivity index (χ3n) is 3.88. The Kier molecular flexibility index (Phi) is 4.62. The topological polar surface area (TPSA) is 57.4 Å². The number of ether oxygens (including phenoxy) is 1. The van der Waals surface area contributed by atoms with E-state index >= 15 is 0 Å². The maximum absolute atomic E-state index is 10.8. The van der Waals surface area contributed by atoms with Crippen molar-refractivity contribution in [1.29, 1.82) is 0 Å². The van der Waals surface area contributed by atoms with Gasteiger partial charge >= 0.3 is 6.02 Å². The van der Waals surface area contributed by atoms with Crippen LogP contribution in [0, 0.1) is 13.8 Å². The summed E-state index contributed by atoms with van der Waals surface area (Å²) >= 11 is 0. The van der Waals surface area contributed by atoms with Gasteiger partial charge in [0.25, 0.3) is 0 Å². The van der Waals surface area contributed by atoms with E-state index in [0.717, 1.165) is 27.3 Å². The van der Waals surface area contributed by atoms with Gasteiger partial charge in [0.2, 0.25) is 0 Å². The van der Waals surface area contributed by atoms with Crippen LogP contribution in [0.3, 0.4) is 0 Å². The molecule has 1 atom stereocenters. The Morgan fingerprint density at radius 2 is 1.88 bits per heavy atom. The van der Waals surface area contributed by atoms with E-state index in [0.29, 0.717) is 12.4 Å². The minimum atomic E-state index is -0.582. The summed E-state index contributed by atoms with van der Waals surface area (Å²) in [7, 11) is 0. The highest BCUT2D eigenvalue weighted by Gasteiger charge is 2.29. The number of rotatable bonds is 3. The van der Waals surface area contributed by atoms with Crippen molar-refractivity contribution in [3.63, 3.8) is 0 Å². The van der Waals surface area contributed by atoms with E-state index in [1.807, 2.05) is 63.2 Å². The van der Waals surface area contributed by atoms with Crippen molar-refractivity contribution in [2.75, 3.05) is 6.61 Å². The van der Waals surface area contributed by atoms with E-state index in [-0.39, 0.29) is 6.02 Å². The maximum Gasteiger partial charge on any atom is 0.316 e. The monoisotopic (exact) mass is 323 g/mol. The molecule has 0 aliphatic carbocycles. The lowest BCUT2D eigenvalue weighted by molar-refractivity contribution is -0.0546. The normalized spacial score (nSPS) is 17.3. The molecule has 0 amide bonds. The van der Waals surface area contributed by atoms with Crippen LogP contribution in [-0.2, 0) is 4.74 Å². The summed E-state index contributed by atoms with van der Waals surface area (Å²) in [5.74, 6) is 0.444. The van der Waals surface area contributed by atoms with Crippen LogP contribution < -0.4 is 0 Å². The van der Waals surface area contributed by atoms with Crippen molar-refractivity contribution >= 4 is 11.9 Å². The summed E-state index contributed by atoms with van der Waals surface area (Å²) < 4.78 is 5.52. The van der Waals surface area contributed by atoms with Crippen LogP contribution >= 0.6 is 0 Å². The lowest BCUT2D eigenvalue weighted by Crippen LogP contribution is -2.36. The number of hydrogen-bond acceptors (Lipinski definition) is 5. The molecule has 5 heteroatoms. The molecule has 1 aliphatic rings. The zero-order chi connectivity index (χ0) is 17.1. The van der Waals surface area contributed by atoms with Crippen LogP contribution in [0.2, 0.25) is 0 Å². The fraction of sp³-hybridized carbons (Fsp3) is 0.263. The van der Waals surface area contributed by atoms with Crippen molar-refractivity contribution in [3.05, 3.63) is 70.8 Å². The molecule has 24 heavy (non-hydrogen) atoms. The average molecular weight is 323 g/mol. The molecule has 1 aliphatic heterocycles. The molecule has 2 aromatic carbocycles. The van der Waals surface area contributed by atoms with Crippen molar-refractivity contribution in [3.8, 4) is 0 Å². The largest absolute Gasteiger partial charge is 0.464 e. The van der Waals surface area contributed by atoms with Crippen LogP contribution in [0.5, 0.6) is 0 Å². The van der Waals surface area contributed by atoms with E-state index < -0.39 is 6.17 Å². The molecule has 3 rings (SSSR count). The highest BCUT2D eigenvalue weighted by Crippen LogP contribution is 2.27. The summed E-state index contributed by atoms with van der Waals surface area (Å²) in [5, 5.41) is 11.9. The third kappa shape index (κ3) is 3.16. The number of hydrogen-bond donors (Lipinski definition) is 1. The molecule has 0 bridgehead atoms. The number of aryl methyl sites for hydroxylation is 2. The van der Waals surface area contributed by atoms with Crippen LogP contribution in [0.25, 0.3) is 0 Å². The third-order valence-corrected chi connectivity index (χ3v) is 3.88. The molecule has 0 saturated carbocycles. The van der Waals surface area contributed by atoms with Crippen LogP contribution in [0.1, 0.15) is 35.3 Å². The predicted octanol–water partition coefficient (Wildman–Crippen LogP) is 3.85. The summed E-state index contributed by atoms with van der Waals surface area (Å²) in [6.45, 7) is 6.39. The van der Waals surface area contributed by atoms with Gasteiger partial charge in [0, 0.05) is 5.56 Å². The zero-order valence-electron chi connectivity index (χ0n) is 14.1. The first kappa shape index (κ1) is 16.2. The number of amidine groups is 2. The van der Waals surface area contributed by atoms with Gasteiger partial charge in [0.05, 0.1) is 6.61 Å². The minimum Gasteiger partial charge on any atom is -0.464 e. The molecular formula is C19H21N3O2. The molecular weight excluding hydrogens is 302 g/mol. The number of hydroxylamine groups is 2. The van der Waals surface area contributed by atoms with Gasteiger partial charge in [0.1, 0.15) is 0 Å². The Morgan fingerprint density at radius 1 is 1.12 bits per heavy atom. The second kappa shape index (κ2) is 6.84. The Hall–Kier alpha value is -2.66. The van der Waals surface area contributed by atoms with Crippen LogP contribution in [-0.4, -0.2) is 28.7 Å². The molecule has 5 nitrogen and oxygen atoms in total. The van der Waals surface area contributed by atoms with Crippen LogP contribution in [0.15, 0.2) is 58.5 Å². The Labute approximate surface area is 141 Å². The minimum absolute atomic E-state index is 0.284. The van der Waals surface area contributed by atoms with Gasteiger partial charge in [-0.05, 0) is 31.9 Å². The first-order valence-electron chi connectivity index (χ1n) is 8.00. The van der Waals surface area contributed by atoms with E-state index in [1.54, 1.807) is 0 Å². The molecule has 1 heterocycles. The molecule has 124 valence electrons. The second-order valence-corrected chi connectivity index (χ2v) is 5.73. The summed E-state index contributed by atoms with van der Waals surface area (Å²) in [6, 6.07) is 15.9. The Bertz CT molecular complexity index is 784. The molecule has 0 radical (unpaired) electrons. The Morgan fingerprint density at radius 3 is 2.54 bits per heavy atom. The predicted molar refractivity (Wildman–Crippen MR) is 94.3 cm³/mol. The zero-order valence-corrected chi connectivity index (χ0v) is 14.1. The van der Waals surface area contributed by atoms with Gasteiger partial charge in [-0.1, -0.05) is 54.1 Å². The van der Waals surface area contributed by atoms with Crippen molar-refractivity contribution in [1.82, 2.24) is 5.06 Å². The molecule has 1 N–H and O–H groups in total. The van der Waals surface area contributed by atoms with Gasteiger partial charge in [0.15, 0.2) is 12.0 Å². The molecule has 0 spiro atoms. The van der Waals surface area contributed by atoms with Gasteiger partial charge in [-0.3, -0.25) is 5.21 Å². The lowest BCUT2D eigenvalue weighted by atomic mass is 10.0. The smallest absolute Gasteiger partial charge is 0.316 e. The van der Waals surface area contributed by atoms with E-state index in [9.17, 15) is 5.21 Å². The highest BCUT2D eigenvalue weighted by atomic mass is 16.5. The van der Waals surface area contributed by atoms with E-state index in [1.165, 1.54) is 0 Å². The van der Waals surface area contributed by atoms with E-state index in [4.69, 9.17) is 4.74 Å². The first-order valence-corrected chi connectivity index (χ1v) is 8.00. The molecule has 1 unspecified atom stereocenters. The standard InChI is InChI=1S/C19H21N3O2/c1-4-24-19-20-17(15-8-6-5-7-9-15)22(23)18(21-19)16-11-10-13(2)12-14(16)3/h5-12,17,23H,4H2,1-3H3. The number of aliphatic imine (C=N–C) groups is 2. The summed E-state index contributed by atoms with van der Waals surface area (Å²) in [5.41, 5.74) is 3.93. The Balaban J connectivity index is 2.06. The van der Waals surface area contributed by atoms with Gasteiger partial charge in [-0.15, -0.1) is 0 Å². The van der Waals surface area contributed by atoms with Crippen molar-refractivity contribution in [2.24, 2.45) is 9.98 Å². The second-order valence-electron chi connectivity index (χ2n) is 5.73. The quantitative estimate of drug-likeness (QED) is 0.933. The van der Waals surface area contributed by atoms with Gasteiger partial charge < -0.3 is 4.74 Å². The molecule has 0 fully saturated rings. The molecule has 2 aromatic rings. The number of nitrogens with zero attached hydrogens (tertiary/aromatic N) is 3. The van der Waals surface area contributed by atoms with Gasteiger partial charge in [-0.25, -0.2) is 10.1 Å². The first-order chi connectivity index (χ1) is 11.6. The summed E-state index contributed by atoms with van der Waals surface area (Å²) in [4.78, 5) is 8.84. The van der Waals surface area contributed by atoms with Gasteiger partial charge in [-0.2, -0.15) is 4.99 Å². The van der Waals surface area contributed by atoms with Crippen LogP contribution in [0.4, 0.5) is 0 Å². The highest BCUT2D eigenvalue weighted by molar-refractivity contribution is 6.06. The fourth-order valence-electron chi connectivity index (χ4n) is 2.73. The average Bonchev–Trinajstić information content (AvgIpc) is 2.58. The molecule has 0 aromatic heterocycles. The summed E-state index contributed by atoms with van der Waals surface area (Å²) in [6.07, 6.45) is -0.582.